The van der Waals surface area contributed by atoms with E-state index in [0.717, 1.165) is 56.1 Å². The number of carboxylic acids is 1. The van der Waals surface area contributed by atoms with E-state index in [4.69, 9.17) is 33.7 Å². The van der Waals surface area contributed by atoms with E-state index in [0.29, 0.717) is 12.8 Å². The number of nitrogens with two attached hydrogens (primary N) is 1. The topological polar surface area (TPSA) is 186 Å². The highest BCUT2D eigenvalue weighted by Crippen LogP contribution is 2.50. The molecule has 1 fully saturated rings. The molecule has 0 saturated heterocycles. The third kappa shape index (κ3) is 16.6. The molecule has 3 rings (SSSR count). The summed E-state index contributed by atoms with van der Waals surface area (Å²) in [5, 5.41) is 9.99. The summed E-state index contributed by atoms with van der Waals surface area (Å²) in [7, 11) is -2.80. The number of guanidine groups is 1. The summed E-state index contributed by atoms with van der Waals surface area (Å²) < 4.78 is 49.2. The Morgan fingerprint density at radius 3 is 1.61 bits per heavy atom. The van der Waals surface area contributed by atoms with Crippen molar-refractivity contribution in [1.29, 1.82) is 0 Å². The Bertz CT molecular complexity index is 1320. The van der Waals surface area contributed by atoms with Crippen molar-refractivity contribution in [1.82, 2.24) is 4.90 Å². The minimum absolute atomic E-state index is 0.0827. The Morgan fingerprint density at radius 2 is 1.18 bits per heavy atom. The van der Waals surface area contributed by atoms with Gasteiger partial charge in [-0.1, -0.05) is 79.9 Å². The number of nitrogens with zero attached hydrogens (tertiary/aromatic N) is 2. The normalized spacial score (nSPS) is 14.3. The van der Waals surface area contributed by atoms with Crippen LogP contribution in [-0.2, 0) is 50.2 Å². The Hall–Kier alpha value is -4.13. The van der Waals surface area contributed by atoms with Crippen molar-refractivity contribution < 1.29 is 52.1 Å². The maximum atomic E-state index is 13.7. The predicted molar refractivity (Wildman–Crippen MR) is 190 cm³/mol. The second kappa shape index (κ2) is 23.4. The van der Waals surface area contributed by atoms with E-state index in [1.54, 1.807) is 0 Å². The zero-order valence-corrected chi connectivity index (χ0v) is 30.3. The fourth-order valence-corrected chi connectivity index (χ4v) is 6.89. The molecule has 2 aromatic rings. The Morgan fingerprint density at radius 1 is 0.745 bits per heavy atom. The number of carbonyl (C=O) groups excluding carboxylic acids is 2. The summed E-state index contributed by atoms with van der Waals surface area (Å²) in [5.41, 5.74) is 8.47. The lowest BCUT2D eigenvalue weighted by Gasteiger charge is -2.34. The molecule has 1 unspecified atom stereocenters. The monoisotopic (exact) mass is 733 g/mol. The van der Waals surface area contributed by atoms with Gasteiger partial charge in [-0.15, -0.1) is 4.76 Å². The molecule has 0 heterocycles. The number of ether oxygens (including phenoxy) is 4. The summed E-state index contributed by atoms with van der Waals surface area (Å²) in [6.45, 7) is -0.140. The van der Waals surface area contributed by atoms with Gasteiger partial charge in [-0.3, -0.25) is 9.05 Å². The van der Waals surface area contributed by atoms with Crippen molar-refractivity contribution >= 4 is 32.0 Å². The van der Waals surface area contributed by atoms with Gasteiger partial charge < -0.3 is 34.7 Å². The van der Waals surface area contributed by atoms with E-state index < -0.39 is 32.1 Å². The van der Waals surface area contributed by atoms with Crippen molar-refractivity contribution in [3.63, 3.8) is 0 Å². The average Bonchev–Trinajstić information content (AvgIpc) is 3.13. The van der Waals surface area contributed by atoms with E-state index in [2.05, 4.69) is 4.76 Å². The van der Waals surface area contributed by atoms with Crippen LogP contribution in [0.4, 0.5) is 9.59 Å². The minimum atomic E-state index is -4.28. The maximum absolute atomic E-state index is 13.7. The van der Waals surface area contributed by atoms with E-state index in [9.17, 15) is 24.1 Å². The molecule has 0 spiro atoms. The quantitative estimate of drug-likeness (QED) is 0.0426. The fourth-order valence-electron chi connectivity index (χ4n) is 5.59. The van der Waals surface area contributed by atoms with Crippen molar-refractivity contribution in [3.8, 4) is 0 Å². The van der Waals surface area contributed by atoms with E-state index in [1.807, 2.05) is 60.7 Å². The average molecular weight is 734 g/mol. The highest BCUT2D eigenvalue weighted by molar-refractivity contribution is 7.52. The second-order valence-electron chi connectivity index (χ2n) is 12.2. The van der Waals surface area contributed by atoms with Crippen LogP contribution >= 0.6 is 7.75 Å². The third-order valence-electron chi connectivity index (χ3n) is 8.22. The lowest BCUT2D eigenvalue weighted by molar-refractivity contribution is -0.143. The van der Waals surface area contributed by atoms with Crippen molar-refractivity contribution in [2.75, 3.05) is 46.7 Å². The van der Waals surface area contributed by atoms with Crippen molar-refractivity contribution in [2.45, 2.75) is 76.7 Å². The molecule has 15 heteroatoms. The first-order chi connectivity index (χ1) is 24.7. The number of aliphatic carboxylic acids is 1. The van der Waals surface area contributed by atoms with Crippen LogP contribution in [-0.4, -0.2) is 87.0 Å². The molecule has 51 heavy (non-hydrogen) atoms. The van der Waals surface area contributed by atoms with Crippen LogP contribution in [0.15, 0.2) is 65.4 Å². The highest BCUT2D eigenvalue weighted by atomic mass is 31.2. The molecule has 1 saturated carbocycles. The van der Waals surface area contributed by atoms with Gasteiger partial charge in [0, 0.05) is 19.9 Å². The van der Waals surface area contributed by atoms with Gasteiger partial charge in [0.15, 0.2) is 0 Å². The van der Waals surface area contributed by atoms with Gasteiger partial charge >= 0.3 is 26.0 Å². The zero-order chi connectivity index (χ0) is 36.7. The van der Waals surface area contributed by atoms with Crippen LogP contribution in [0.1, 0.15) is 68.9 Å². The molecule has 0 aromatic heterocycles. The third-order valence-corrected chi connectivity index (χ3v) is 9.69. The fraction of sp³-hybridized carbons (Fsp3) is 0.556. The van der Waals surface area contributed by atoms with Crippen LogP contribution in [0.5, 0.6) is 0 Å². The Labute approximate surface area is 300 Å². The molecular weight excluding hydrogens is 681 g/mol. The Kier molecular flexibility index (Phi) is 18.9. The molecule has 2 aromatic carbocycles. The summed E-state index contributed by atoms with van der Waals surface area (Å²) in [6, 6.07) is 18.7. The number of hydrogen-bond donors (Lipinski definition) is 2. The van der Waals surface area contributed by atoms with Gasteiger partial charge in [-0.2, -0.15) is 0 Å². The minimum Gasteiger partial charge on any atom is -0.480 e. The zero-order valence-electron chi connectivity index (χ0n) is 29.4. The number of carbonyl (C=O) groups is 3. The van der Waals surface area contributed by atoms with Gasteiger partial charge in [0.25, 0.3) is 0 Å². The van der Waals surface area contributed by atoms with Gasteiger partial charge in [-0.25, -0.2) is 18.9 Å². The molecule has 14 nitrogen and oxygen atoms in total. The lowest BCUT2D eigenvalue weighted by Crippen LogP contribution is -2.50. The van der Waals surface area contributed by atoms with Crippen LogP contribution in [0.3, 0.4) is 0 Å². The van der Waals surface area contributed by atoms with Gasteiger partial charge in [0.1, 0.15) is 6.04 Å². The van der Waals surface area contributed by atoms with Crippen molar-refractivity contribution in [2.24, 2.45) is 16.4 Å². The first kappa shape index (κ1) is 41.3. The molecule has 282 valence electrons. The number of benzene rings is 2. The van der Waals surface area contributed by atoms with Crippen LogP contribution in [0.25, 0.3) is 0 Å². The molecule has 0 radical (unpaired) electrons. The number of likely N-dealkylation sites (N-methyl/N-ethyl adjacent to an activating group) is 1. The van der Waals surface area contributed by atoms with E-state index >= 15 is 0 Å². The summed E-state index contributed by atoms with van der Waals surface area (Å²) in [6.07, 6.45) is 5.73. The van der Waals surface area contributed by atoms with E-state index in [-0.39, 0.29) is 64.4 Å². The summed E-state index contributed by atoms with van der Waals surface area (Å²) in [5.74, 6) is -1.53. The smallest absolute Gasteiger partial charge is 0.480 e. The lowest BCUT2D eigenvalue weighted by atomic mass is 9.83. The molecule has 0 bridgehead atoms. The molecule has 1 atom stereocenters. The van der Waals surface area contributed by atoms with E-state index in [1.165, 1.54) is 11.9 Å². The molecule has 1 aliphatic carbocycles. The first-order valence-corrected chi connectivity index (χ1v) is 19.0. The van der Waals surface area contributed by atoms with Crippen LogP contribution < -0.4 is 5.73 Å². The van der Waals surface area contributed by atoms with Gasteiger partial charge in [-0.05, 0) is 55.6 Å². The maximum Gasteiger partial charge on any atom is 0.508 e. The first-order valence-electron chi connectivity index (χ1n) is 17.5. The van der Waals surface area contributed by atoms with Crippen molar-refractivity contribution in [3.05, 3.63) is 71.8 Å². The summed E-state index contributed by atoms with van der Waals surface area (Å²) in [4.78, 5) is 37.4. The second-order valence-corrected chi connectivity index (χ2v) is 13.8. The molecule has 1 aliphatic rings. The SMILES string of the molecule is CN(C(N)=NP(=O)(OCCCOC(=O)OCCCc1ccccc1)OCCCOC(=O)OCCCc1ccccc1)C(C(=O)O)C1CCCCC1. The van der Waals surface area contributed by atoms with Gasteiger partial charge in [0.2, 0.25) is 5.96 Å². The largest absolute Gasteiger partial charge is 0.508 e. The standard InChI is InChI=1S/C36H52N3O11P/c1-39(32(33(40)41)31-21-9-4-10-22-31)34(37)38-51(44,49-27-13-25-47-35(42)45-23-11-19-29-15-5-2-6-16-29)50-28-14-26-48-36(43)46-24-12-20-30-17-7-3-8-18-30/h2-3,5-8,15-18,31-32H,4,9-14,19-28H2,1H3,(H,40,41)(H2,37,38,44). The highest BCUT2D eigenvalue weighted by Gasteiger charge is 2.35. The number of rotatable bonds is 22. The van der Waals surface area contributed by atoms with Gasteiger partial charge in [0.05, 0.1) is 39.6 Å². The molecule has 0 amide bonds. The van der Waals surface area contributed by atoms with Crippen LogP contribution in [0, 0.1) is 5.92 Å². The Balaban J connectivity index is 1.45. The number of hydrogen-bond acceptors (Lipinski definition) is 10. The molecule has 0 aliphatic heterocycles. The number of aryl methyl sites for hydroxylation is 2. The molecule has 3 N–H and O–H groups in total. The molecular formula is C36H52N3O11P. The van der Waals surface area contributed by atoms with Crippen LogP contribution in [0.2, 0.25) is 0 Å². The number of carboxylic acid groups (broad SMARTS) is 1. The summed E-state index contributed by atoms with van der Waals surface area (Å²) >= 11 is 0. The predicted octanol–water partition coefficient (Wildman–Crippen LogP) is 6.76.